The molecule has 1 saturated heterocycles. The normalized spacial score (nSPS) is 39.1. The van der Waals surface area contributed by atoms with Gasteiger partial charge in [0.05, 0.1) is 0 Å². The standard InChI is InChI=1S/C14H14O2/c15-12-6-8-14(16-12)9-13(14)7-5-10-3-1-2-4-11(10)13/h1-4H,5-9H2. The van der Waals surface area contributed by atoms with Gasteiger partial charge in [-0.15, -0.1) is 0 Å². The number of ether oxygens (including phenoxy) is 1. The molecule has 2 unspecified atom stereocenters. The molecule has 2 fully saturated rings. The predicted molar refractivity (Wildman–Crippen MR) is 59.1 cm³/mol. The second-order valence-corrected chi connectivity index (χ2v) is 5.38. The molecule has 1 aliphatic heterocycles. The lowest BCUT2D eigenvalue weighted by atomic mass is 9.92. The van der Waals surface area contributed by atoms with Crippen LogP contribution in [0.5, 0.6) is 0 Å². The molecule has 1 aromatic carbocycles. The molecule has 0 aromatic heterocycles. The van der Waals surface area contributed by atoms with E-state index in [1.165, 1.54) is 17.5 Å². The minimum atomic E-state index is -0.114. The molecule has 16 heavy (non-hydrogen) atoms. The van der Waals surface area contributed by atoms with Gasteiger partial charge in [-0.3, -0.25) is 4.79 Å². The molecule has 0 amide bonds. The molecule has 2 spiro atoms. The van der Waals surface area contributed by atoms with Crippen LogP contribution in [0.3, 0.4) is 0 Å². The summed E-state index contributed by atoms with van der Waals surface area (Å²) in [5.41, 5.74) is 2.99. The zero-order chi connectivity index (χ0) is 10.8. The summed E-state index contributed by atoms with van der Waals surface area (Å²) >= 11 is 0. The van der Waals surface area contributed by atoms with Gasteiger partial charge in [0, 0.05) is 18.3 Å². The Morgan fingerprint density at radius 2 is 2.00 bits per heavy atom. The molecule has 82 valence electrons. The molecular weight excluding hydrogens is 200 g/mol. The number of aryl methyl sites for hydroxylation is 1. The lowest BCUT2D eigenvalue weighted by Crippen LogP contribution is -2.21. The van der Waals surface area contributed by atoms with Gasteiger partial charge in [-0.1, -0.05) is 24.3 Å². The molecule has 1 aromatic rings. The molecule has 2 aliphatic carbocycles. The number of carbonyl (C=O) groups excluding carboxylic acids is 1. The van der Waals surface area contributed by atoms with Crippen LogP contribution in [0.15, 0.2) is 24.3 Å². The van der Waals surface area contributed by atoms with E-state index in [2.05, 4.69) is 24.3 Å². The summed E-state index contributed by atoms with van der Waals surface area (Å²) in [6.07, 6.45) is 4.92. The first-order valence-electron chi connectivity index (χ1n) is 6.06. The van der Waals surface area contributed by atoms with Gasteiger partial charge in [-0.25, -0.2) is 0 Å². The smallest absolute Gasteiger partial charge is 0.306 e. The van der Waals surface area contributed by atoms with Crippen LogP contribution in [0, 0.1) is 0 Å². The Balaban J connectivity index is 1.80. The predicted octanol–water partition coefficient (Wildman–Crippen LogP) is 2.35. The molecule has 4 rings (SSSR count). The number of hydrogen-bond acceptors (Lipinski definition) is 2. The fourth-order valence-corrected chi connectivity index (χ4v) is 3.87. The Morgan fingerprint density at radius 3 is 2.81 bits per heavy atom. The van der Waals surface area contributed by atoms with Crippen LogP contribution in [-0.4, -0.2) is 11.6 Å². The Morgan fingerprint density at radius 1 is 1.12 bits per heavy atom. The van der Waals surface area contributed by atoms with Crippen LogP contribution in [0.2, 0.25) is 0 Å². The number of hydrogen-bond donors (Lipinski definition) is 0. The van der Waals surface area contributed by atoms with E-state index in [0.29, 0.717) is 6.42 Å². The van der Waals surface area contributed by atoms with Crippen molar-refractivity contribution in [3.05, 3.63) is 35.4 Å². The van der Waals surface area contributed by atoms with E-state index in [1.807, 2.05) is 0 Å². The average Bonchev–Trinajstić information content (AvgIpc) is 2.58. The Kier molecular flexibility index (Phi) is 1.38. The molecule has 0 N–H and O–H groups in total. The van der Waals surface area contributed by atoms with Gasteiger partial charge in [-0.2, -0.15) is 0 Å². The summed E-state index contributed by atoms with van der Waals surface area (Å²) in [5, 5.41) is 0. The van der Waals surface area contributed by atoms with Gasteiger partial charge in [-0.05, 0) is 30.4 Å². The van der Waals surface area contributed by atoms with E-state index in [-0.39, 0.29) is 17.0 Å². The van der Waals surface area contributed by atoms with E-state index in [4.69, 9.17) is 4.74 Å². The van der Waals surface area contributed by atoms with Crippen molar-refractivity contribution in [3.63, 3.8) is 0 Å². The van der Waals surface area contributed by atoms with Gasteiger partial charge in [0.25, 0.3) is 0 Å². The highest BCUT2D eigenvalue weighted by molar-refractivity contribution is 5.74. The van der Waals surface area contributed by atoms with E-state index in [0.717, 1.165) is 19.3 Å². The average molecular weight is 214 g/mol. The van der Waals surface area contributed by atoms with Crippen molar-refractivity contribution in [1.29, 1.82) is 0 Å². The fraction of sp³-hybridized carbons (Fsp3) is 0.500. The largest absolute Gasteiger partial charge is 0.458 e. The minimum absolute atomic E-state index is 0.00116. The van der Waals surface area contributed by atoms with Gasteiger partial charge in [0.1, 0.15) is 5.60 Å². The number of fused-ring (bicyclic) bond motifs is 3. The van der Waals surface area contributed by atoms with Crippen LogP contribution >= 0.6 is 0 Å². The zero-order valence-electron chi connectivity index (χ0n) is 9.16. The van der Waals surface area contributed by atoms with Gasteiger partial charge < -0.3 is 4.74 Å². The molecule has 2 atom stereocenters. The molecule has 1 saturated carbocycles. The van der Waals surface area contributed by atoms with Gasteiger partial charge >= 0.3 is 5.97 Å². The van der Waals surface area contributed by atoms with Crippen LogP contribution in [-0.2, 0) is 21.4 Å². The van der Waals surface area contributed by atoms with Crippen molar-refractivity contribution in [1.82, 2.24) is 0 Å². The molecule has 3 aliphatic rings. The highest BCUT2D eigenvalue weighted by Crippen LogP contribution is 2.69. The molecule has 2 heteroatoms. The number of benzene rings is 1. The van der Waals surface area contributed by atoms with Gasteiger partial charge in [0.2, 0.25) is 0 Å². The molecule has 0 bridgehead atoms. The van der Waals surface area contributed by atoms with E-state index >= 15 is 0 Å². The molecule has 2 nitrogen and oxygen atoms in total. The monoisotopic (exact) mass is 214 g/mol. The summed E-state index contributed by atoms with van der Waals surface area (Å²) < 4.78 is 5.62. The highest BCUT2D eigenvalue weighted by Gasteiger charge is 2.74. The highest BCUT2D eigenvalue weighted by atomic mass is 16.6. The first kappa shape index (κ1) is 8.80. The molecule has 1 heterocycles. The van der Waals surface area contributed by atoms with E-state index < -0.39 is 0 Å². The van der Waals surface area contributed by atoms with Crippen molar-refractivity contribution in [2.75, 3.05) is 0 Å². The Bertz CT molecular complexity index is 493. The minimum Gasteiger partial charge on any atom is -0.458 e. The van der Waals surface area contributed by atoms with Crippen molar-refractivity contribution < 1.29 is 9.53 Å². The summed E-state index contributed by atoms with van der Waals surface area (Å²) in [5.74, 6) is 0.00116. The lowest BCUT2D eigenvalue weighted by molar-refractivity contribution is -0.143. The lowest BCUT2D eigenvalue weighted by Gasteiger charge is -2.17. The number of rotatable bonds is 0. The first-order valence-corrected chi connectivity index (χ1v) is 6.06. The third-order valence-corrected chi connectivity index (χ3v) is 4.73. The Hall–Kier alpha value is -1.31. The number of carbonyl (C=O) groups is 1. The first-order chi connectivity index (χ1) is 7.76. The Labute approximate surface area is 94.6 Å². The second-order valence-electron chi connectivity index (χ2n) is 5.38. The second kappa shape index (κ2) is 2.50. The van der Waals surface area contributed by atoms with Crippen molar-refractivity contribution in [3.8, 4) is 0 Å². The van der Waals surface area contributed by atoms with Crippen molar-refractivity contribution >= 4 is 5.97 Å². The van der Waals surface area contributed by atoms with Crippen molar-refractivity contribution in [2.45, 2.75) is 43.1 Å². The summed E-state index contributed by atoms with van der Waals surface area (Å²) in [6, 6.07) is 8.65. The summed E-state index contributed by atoms with van der Waals surface area (Å²) in [4.78, 5) is 11.3. The third kappa shape index (κ3) is 0.831. The maximum atomic E-state index is 11.3. The molecular formula is C14H14O2. The maximum Gasteiger partial charge on any atom is 0.306 e. The zero-order valence-corrected chi connectivity index (χ0v) is 9.16. The molecule has 0 radical (unpaired) electrons. The summed E-state index contributed by atoms with van der Waals surface area (Å²) in [6.45, 7) is 0. The van der Waals surface area contributed by atoms with Gasteiger partial charge in [0.15, 0.2) is 0 Å². The maximum absolute atomic E-state index is 11.3. The van der Waals surface area contributed by atoms with Crippen molar-refractivity contribution in [2.24, 2.45) is 0 Å². The SMILES string of the molecule is O=C1CCC2(CC23CCc2ccccc23)O1. The van der Waals surface area contributed by atoms with Crippen LogP contribution in [0.1, 0.15) is 36.8 Å². The van der Waals surface area contributed by atoms with Crippen LogP contribution < -0.4 is 0 Å². The number of esters is 1. The quantitative estimate of drug-likeness (QED) is 0.620. The van der Waals surface area contributed by atoms with Crippen LogP contribution in [0.25, 0.3) is 0 Å². The fourth-order valence-electron chi connectivity index (χ4n) is 3.87. The van der Waals surface area contributed by atoms with E-state index in [1.54, 1.807) is 0 Å². The van der Waals surface area contributed by atoms with Crippen LogP contribution in [0.4, 0.5) is 0 Å². The summed E-state index contributed by atoms with van der Waals surface area (Å²) in [7, 11) is 0. The third-order valence-electron chi connectivity index (χ3n) is 4.73. The van der Waals surface area contributed by atoms with E-state index in [9.17, 15) is 4.79 Å². The topological polar surface area (TPSA) is 26.3 Å².